The molecule has 3 nitrogen and oxygen atoms in total. The van der Waals surface area contributed by atoms with E-state index in [4.69, 9.17) is 5.11 Å². The molecule has 0 amide bonds. The number of hydrogen-bond donors (Lipinski definition) is 1. The van der Waals surface area contributed by atoms with Crippen LogP contribution in [0.15, 0.2) is 0 Å². The molecule has 1 aliphatic rings. The number of Topliss-reactive ketones (excluding diaryl/α,β-unsaturated/α-hetero) is 1. The summed E-state index contributed by atoms with van der Waals surface area (Å²) in [7, 11) is 1.89. The molecule has 0 spiro atoms. The molecule has 1 fully saturated rings. The maximum Gasteiger partial charge on any atom is 0.156 e. The number of aliphatic hydroxyl groups is 1. The third kappa shape index (κ3) is 1.07. The Hall–Kier alpha value is -0.410. The van der Waals surface area contributed by atoms with Gasteiger partial charge >= 0.3 is 0 Å². The summed E-state index contributed by atoms with van der Waals surface area (Å²) < 4.78 is 0. The molecule has 1 rings (SSSR count). The first kappa shape index (κ1) is 7.69. The van der Waals surface area contributed by atoms with Gasteiger partial charge < -0.3 is 5.11 Å². The summed E-state index contributed by atoms with van der Waals surface area (Å²) >= 11 is 0. The van der Waals surface area contributed by atoms with E-state index in [9.17, 15) is 4.79 Å². The largest absolute Gasteiger partial charge is 0.395 e. The van der Waals surface area contributed by atoms with Crippen molar-refractivity contribution >= 4 is 5.78 Å². The van der Waals surface area contributed by atoms with Crippen LogP contribution in [-0.2, 0) is 4.79 Å². The zero-order chi connectivity index (χ0) is 7.78. The van der Waals surface area contributed by atoms with Gasteiger partial charge in [0.05, 0.1) is 18.6 Å². The standard InChI is InChI=1S/C7H13NO2/c1-7(5-9)4-8(2)3-6(7)10/h9H,3-5H2,1-2H3. The highest BCUT2D eigenvalue weighted by molar-refractivity contribution is 5.88. The Bertz CT molecular complexity index is 158. The lowest BCUT2D eigenvalue weighted by molar-refractivity contribution is -0.125. The summed E-state index contributed by atoms with van der Waals surface area (Å²) in [5.41, 5.74) is -0.491. The number of hydrogen-bond acceptors (Lipinski definition) is 3. The Morgan fingerprint density at radius 3 is 2.60 bits per heavy atom. The van der Waals surface area contributed by atoms with E-state index in [0.29, 0.717) is 13.1 Å². The third-order valence-corrected chi connectivity index (χ3v) is 2.05. The topological polar surface area (TPSA) is 40.5 Å². The third-order valence-electron chi connectivity index (χ3n) is 2.05. The smallest absolute Gasteiger partial charge is 0.156 e. The second-order valence-electron chi connectivity index (χ2n) is 3.31. The van der Waals surface area contributed by atoms with Crippen molar-refractivity contribution in [1.29, 1.82) is 0 Å². The van der Waals surface area contributed by atoms with Crippen LogP contribution in [0.5, 0.6) is 0 Å². The average Bonchev–Trinajstić information content (AvgIpc) is 2.09. The fraction of sp³-hybridized carbons (Fsp3) is 0.857. The van der Waals surface area contributed by atoms with Crippen molar-refractivity contribution in [1.82, 2.24) is 4.90 Å². The molecule has 1 aliphatic heterocycles. The SMILES string of the molecule is CN1CC(=O)C(C)(CO)C1. The number of carbonyl (C=O) groups is 1. The number of likely N-dealkylation sites (N-methyl/N-ethyl adjacent to an activating group) is 1. The maximum atomic E-state index is 11.1. The molecular weight excluding hydrogens is 130 g/mol. The van der Waals surface area contributed by atoms with E-state index >= 15 is 0 Å². The van der Waals surface area contributed by atoms with Gasteiger partial charge in [0.2, 0.25) is 0 Å². The molecular formula is C7H13NO2. The van der Waals surface area contributed by atoms with E-state index in [-0.39, 0.29) is 12.4 Å². The number of likely N-dealkylation sites (tertiary alicyclic amines) is 1. The summed E-state index contributed by atoms with van der Waals surface area (Å²) in [6, 6.07) is 0. The lowest BCUT2D eigenvalue weighted by Gasteiger charge is -2.17. The number of carbonyl (C=O) groups excluding carboxylic acids is 1. The Balaban J connectivity index is 2.70. The molecule has 0 bridgehead atoms. The fourth-order valence-corrected chi connectivity index (χ4v) is 1.31. The minimum absolute atomic E-state index is 0.0316. The van der Waals surface area contributed by atoms with Gasteiger partial charge in [0.15, 0.2) is 5.78 Å². The van der Waals surface area contributed by atoms with E-state index in [1.165, 1.54) is 0 Å². The van der Waals surface area contributed by atoms with Gasteiger partial charge in [-0.2, -0.15) is 0 Å². The normalized spacial score (nSPS) is 35.3. The minimum Gasteiger partial charge on any atom is -0.395 e. The average molecular weight is 143 g/mol. The van der Waals surface area contributed by atoms with Crippen molar-refractivity contribution in [2.24, 2.45) is 5.41 Å². The van der Waals surface area contributed by atoms with Crippen LogP contribution in [0.2, 0.25) is 0 Å². The van der Waals surface area contributed by atoms with Crippen LogP contribution in [0, 0.1) is 5.41 Å². The second kappa shape index (κ2) is 2.32. The zero-order valence-electron chi connectivity index (χ0n) is 6.42. The van der Waals surface area contributed by atoms with Crippen molar-refractivity contribution < 1.29 is 9.90 Å². The monoisotopic (exact) mass is 143 g/mol. The van der Waals surface area contributed by atoms with Crippen molar-refractivity contribution in [2.45, 2.75) is 6.92 Å². The van der Waals surface area contributed by atoms with Crippen molar-refractivity contribution in [3.05, 3.63) is 0 Å². The molecule has 0 aromatic rings. The zero-order valence-corrected chi connectivity index (χ0v) is 6.42. The number of rotatable bonds is 1. The van der Waals surface area contributed by atoms with E-state index < -0.39 is 5.41 Å². The van der Waals surface area contributed by atoms with Crippen LogP contribution in [0.3, 0.4) is 0 Å². The highest BCUT2D eigenvalue weighted by Crippen LogP contribution is 2.24. The molecule has 0 aromatic heterocycles. The van der Waals surface area contributed by atoms with Gasteiger partial charge in [-0.15, -0.1) is 0 Å². The van der Waals surface area contributed by atoms with Crippen LogP contribution in [0.4, 0.5) is 0 Å². The maximum absolute atomic E-state index is 11.1. The predicted octanol–water partition coefficient (Wildman–Crippen LogP) is -0.501. The highest BCUT2D eigenvalue weighted by atomic mass is 16.3. The summed E-state index contributed by atoms with van der Waals surface area (Å²) in [6.07, 6.45) is 0. The van der Waals surface area contributed by atoms with Crippen LogP contribution in [-0.4, -0.2) is 42.5 Å². The second-order valence-corrected chi connectivity index (χ2v) is 3.31. The molecule has 0 aromatic carbocycles. The van der Waals surface area contributed by atoms with Crippen LogP contribution < -0.4 is 0 Å². The number of aliphatic hydroxyl groups excluding tert-OH is 1. The predicted molar refractivity (Wildman–Crippen MR) is 37.7 cm³/mol. The molecule has 58 valence electrons. The first-order valence-electron chi connectivity index (χ1n) is 3.41. The molecule has 0 radical (unpaired) electrons. The highest BCUT2D eigenvalue weighted by Gasteiger charge is 2.39. The minimum atomic E-state index is -0.491. The van der Waals surface area contributed by atoms with E-state index in [1.54, 1.807) is 6.92 Å². The quantitative estimate of drug-likeness (QED) is 0.538. The number of nitrogens with zero attached hydrogens (tertiary/aromatic N) is 1. The molecule has 1 saturated heterocycles. The molecule has 3 heteroatoms. The van der Waals surface area contributed by atoms with Crippen LogP contribution >= 0.6 is 0 Å². The first-order valence-corrected chi connectivity index (χ1v) is 3.41. The molecule has 1 atom stereocenters. The molecule has 1 heterocycles. The van der Waals surface area contributed by atoms with Gasteiger partial charge in [-0.25, -0.2) is 0 Å². The summed E-state index contributed by atoms with van der Waals surface area (Å²) in [6.45, 7) is 2.94. The Kier molecular flexibility index (Phi) is 1.79. The van der Waals surface area contributed by atoms with Crippen LogP contribution in [0.1, 0.15) is 6.92 Å². The summed E-state index contributed by atoms with van der Waals surface area (Å²) in [4.78, 5) is 13.1. The van der Waals surface area contributed by atoms with Gasteiger partial charge in [0.1, 0.15) is 0 Å². The lowest BCUT2D eigenvalue weighted by atomic mass is 9.90. The Labute approximate surface area is 60.6 Å². The van der Waals surface area contributed by atoms with Crippen molar-refractivity contribution in [2.75, 3.05) is 26.7 Å². The van der Waals surface area contributed by atoms with Gasteiger partial charge in [0, 0.05) is 6.54 Å². The molecule has 0 aliphatic carbocycles. The first-order chi connectivity index (χ1) is 4.58. The molecule has 0 saturated carbocycles. The van der Waals surface area contributed by atoms with E-state index in [0.717, 1.165) is 0 Å². The Morgan fingerprint density at radius 2 is 2.40 bits per heavy atom. The number of ketones is 1. The van der Waals surface area contributed by atoms with Crippen molar-refractivity contribution in [3.63, 3.8) is 0 Å². The van der Waals surface area contributed by atoms with Gasteiger partial charge in [-0.1, -0.05) is 0 Å². The Morgan fingerprint density at radius 1 is 1.80 bits per heavy atom. The van der Waals surface area contributed by atoms with E-state index in [2.05, 4.69) is 0 Å². The van der Waals surface area contributed by atoms with Crippen LogP contribution in [0.25, 0.3) is 0 Å². The van der Waals surface area contributed by atoms with Gasteiger partial charge in [-0.3, -0.25) is 9.69 Å². The van der Waals surface area contributed by atoms with Gasteiger partial charge in [0.25, 0.3) is 0 Å². The van der Waals surface area contributed by atoms with Crippen molar-refractivity contribution in [3.8, 4) is 0 Å². The summed E-state index contributed by atoms with van der Waals surface area (Å²) in [5, 5.41) is 8.87. The molecule has 10 heavy (non-hydrogen) atoms. The lowest BCUT2D eigenvalue weighted by Crippen LogP contribution is -2.30. The fourth-order valence-electron chi connectivity index (χ4n) is 1.31. The summed E-state index contributed by atoms with van der Waals surface area (Å²) in [5.74, 6) is 0.150. The van der Waals surface area contributed by atoms with E-state index in [1.807, 2.05) is 11.9 Å². The van der Waals surface area contributed by atoms with Gasteiger partial charge in [-0.05, 0) is 14.0 Å². The molecule has 1 unspecified atom stereocenters. The molecule has 1 N–H and O–H groups in total.